The molecule has 2 aromatic heterocycles. The van der Waals surface area contributed by atoms with Gasteiger partial charge in [-0.3, -0.25) is 18.9 Å². The van der Waals surface area contributed by atoms with Gasteiger partial charge in [-0.1, -0.05) is 6.07 Å². The number of hydrogen-bond donors (Lipinski definition) is 1. The van der Waals surface area contributed by atoms with Gasteiger partial charge >= 0.3 is 5.69 Å². The molecule has 0 bridgehead atoms. The molecule has 0 aliphatic rings. The summed E-state index contributed by atoms with van der Waals surface area (Å²) < 4.78 is 3.21. The van der Waals surface area contributed by atoms with Gasteiger partial charge in [-0.15, -0.1) is 0 Å². The Hall–Kier alpha value is -2.89. The highest BCUT2D eigenvalue weighted by molar-refractivity contribution is 5.94. The number of imidazole rings is 1. The van der Waals surface area contributed by atoms with Crippen LogP contribution < -0.4 is 11.0 Å². The van der Waals surface area contributed by atoms with Crippen molar-refractivity contribution in [3.63, 3.8) is 0 Å². The Morgan fingerprint density at radius 1 is 1.09 bits per heavy atom. The van der Waals surface area contributed by atoms with Crippen LogP contribution in [0.3, 0.4) is 0 Å². The standard InChI is InChI=1S/C16H16N4O2/c1-19-13-4-3-11(9-14(13)20(2)16(19)22)10-18-15(21)12-5-7-17-8-6-12/h3-9H,10H2,1-2H3,(H,18,21). The minimum absolute atomic E-state index is 0.0621. The summed E-state index contributed by atoms with van der Waals surface area (Å²) in [4.78, 5) is 27.8. The first-order chi connectivity index (χ1) is 10.6. The molecule has 0 unspecified atom stereocenters. The highest BCUT2D eigenvalue weighted by Crippen LogP contribution is 2.14. The van der Waals surface area contributed by atoms with E-state index in [1.807, 2.05) is 18.2 Å². The smallest absolute Gasteiger partial charge is 0.328 e. The number of pyridine rings is 1. The van der Waals surface area contributed by atoms with Crippen LogP contribution in [0, 0.1) is 0 Å². The number of nitrogens with one attached hydrogen (secondary N) is 1. The number of amides is 1. The molecule has 0 radical (unpaired) electrons. The number of carbonyl (C=O) groups excluding carboxylic acids is 1. The van der Waals surface area contributed by atoms with Crippen LogP contribution in [-0.2, 0) is 20.6 Å². The molecule has 22 heavy (non-hydrogen) atoms. The molecule has 6 nitrogen and oxygen atoms in total. The lowest BCUT2D eigenvalue weighted by Crippen LogP contribution is -2.22. The summed E-state index contributed by atoms with van der Waals surface area (Å²) in [7, 11) is 3.49. The SMILES string of the molecule is Cn1c(=O)n(C)c2cc(CNC(=O)c3ccncc3)ccc21. The number of aryl methyl sites for hydroxylation is 2. The zero-order valence-electron chi connectivity index (χ0n) is 12.4. The van der Waals surface area contributed by atoms with Gasteiger partial charge in [-0.2, -0.15) is 0 Å². The zero-order valence-corrected chi connectivity index (χ0v) is 12.4. The number of rotatable bonds is 3. The normalized spacial score (nSPS) is 10.8. The third-order valence-electron chi connectivity index (χ3n) is 3.73. The van der Waals surface area contributed by atoms with Gasteiger partial charge in [0.25, 0.3) is 5.91 Å². The Balaban J connectivity index is 1.82. The number of fused-ring (bicyclic) bond motifs is 1. The van der Waals surface area contributed by atoms with E-state index in [2.05, 4.69) is 10.3 Å². The Bertz CT molecular complexity index is 894. The molecule has 6 heteroatoms. The molecule has 3 aromatic rings. The van der Waals surface area contributed by atoms with Gasteiger partial charge in [0.1, 0.15) is 0 Å². The van der Waals surface area contributed by atoms with Crippen LogP contribution in [0.15, 0.2) is 47.5 Å². The van der Waals surface area contributed by atoms with Crippen LogP contribution in [0.25, 0.3) is 11.0 Å². The van der Waals surface area contributed by atoms with E-state index in [0.717, 1.165) is 16.6 Å². The fourth-order valence-corrected chi connectivity index (χ4v) is 2.45. The van der Waals surface area contributed by atoms with Crippen LogP contribution in [0.5, 0.6) is 0 Å². The van der Waals surface area contributed by atoms with E-state index in [1.165, 1.54) is 0 Å². The molecule has 0 saturated heterocycles. The van der Waals surface area contributed by atoms with Gasteiger partial charge in [0.2, 0.25) is 0 Å². The minimum atomic E-state index is -0.149. The van der Waals surface area contributed by atoms with Gasteiger partial charge in [0.15, 0.2) is 0 Å². The average Bonchev–Trinajstić information content (AvgIpc) is 2.78. The van der Waals surface area contributed by atoms with Crippen molar-refractivity contribution in [2.45, 2.75) is 6.54 Å². The summed E-state index contributed by atoms with van der Waals surface area (Å²) in [5.74, 6) is -0.149. The molecule has 0 aliphatic carbocycles. The lowest BCUT2D eigenvalue weighted by molar-refractivity contribution is 0.0951. The molecule has 0 saturated carbocycles. The van der Waals surface area contributed by atoms with Crippen molar-refractivity contribution in [3.05, 3.63) is 64.3 Å². The fraction of sp³-hybridized carbons (Fsp3) is 0.188. The van der Waals surface area contributed by atoms with E-state index in [4.69, 9.17) is 0 Å². The number of hydrogen-bond acceptors (Lipinski definition) is 3. The monoisotopic (exact) mass is 296 g/mol. The number of benzene rings is 1. The first-order valence-corrected chi connectivity index (χ1v) is 6.90. The van der Waals surface area contributed by atoms with Gasteiger partial charge in [-0.05, 0) is 29.8 Å². The second-order valence-electron chi connectivity index (χ2n) is 5.14. The molecular weight excluding hydrogens is 280 g/mol. The maximum Gasteiger partial charge on any atom is 0.328 e. The molecule has 2 heterocycles. The van der Waals surface area contributed by atoms with Crippen LogP contribution in [0.1, 0.15) is 15.9 Å². The van der Waals surface area contributed by atoms with Gasteiger partial charge in [-0.25, -0.2) is 4.79 Å². The maximum atomic E-state index is 12.0. The molecule has 0 fully saturated rings. The largest absolute Gasteiger partial charge is 0.348 e. The molecular formula is C16H16N4O2. The lowest BCUT2D eigenvalue weighted by atomic mass is 10.2. The number of nitrogens with zero attached hydrogens (tertiary/aromatic N) is 3. The predicted octanol–water partition coefficient (Wildman–Crippen LogP) is 1.20. The first kappa shape index (κ1) is 14.1. The molecule has 0 aliphatic heterocycles. The van der Waals surface area contributed by atoms with Crippen LogP contribution in [0.4, 0.5) is 0 Å². The summed E-state index contributed by atoms with van der Waals surface area (Å²) in [5, 5.41) is 2.86. The average molecular weight is 296 g/mol. The Kier molecular flexibility index (Phi) is 3.50. The fourth-order valence-electron chi connectivity index (χ4n) is 2.45. The zero-order chi connectivity index (χ0) is 15.7. The quantitative estimate of drug-likeness (QED) is 0.789. The van der Waals surface area contributed by atoms with Crippen molar-refractivity contribution in [2.75, 3.05) is 0 Å². The lowest BCUT2D eigenvalue weighted by Gasteiger charge is -2.06. The second-order valence-corrected chi connectivity index (χ2v) is 5.14. The van der Waals surface area contributed by atoms with Crippen molar-refractivity contribution < 1.29 is 4.79 Å². The highest BCUT2D eigenvalue weighted by Gasteiger charge is 2.09. The maximum absolute atomic E-state index is 12.0. The van der Waals surface area contributed by atoms with Gasteiger partial charge < -0.3 is 5.32 Å². The predicted molar refractivity (Wildman–Crippen MR) is 83.6 cm³/mol. The molecule has 3 rings (SSSR count). The Morgan fingerprint density at radius 2 is 1.77 bits per heavy atom. The van der Waals surface area contributed by atoms with Crippen molar-refractivity contribution in [1.82, 2.24) is 19.4 Å². The van der Waals surface area contributed by atoms with Crippen molar-refractivity contribution in [2.24, 2.45) is 14.1 Å². The van der Waals surface area contributed by atoms with Crippen LogP contribution >= 0.6 is 0 Å². The molecule has 112 valence electrons. The molecule has 1 N–H and O–H groups in total. The molecule has 1 aromatic carbocycles. The van der Waals surface area contributed by atoms with E-state index in [1.54, 1.807) is 47.8 Å². The highest BCUT2D eigenvalue weighted by atomic mass is 16.2. The summed E-state index contributed by atoms with van der Waals surface area (Å²) >= 11 is 0. The Morgan fingerprint density at radius 3 is 2.50 bits per heavy atom. The topological polar surface area (TPSA) is 68.9 Å². The van der Waals surface area contributed by atoms with Gasteiger partial charge in [0.05, 0.1) is 11.0 Å². The van der Waals surface area contributed by atoms with E-state index in [9.17, 15) is 9.59 Å². The van der Waals surface area contributed by atoms with Crippen molar-refractivity contribution in [3.8, 4) is 0 Å². The van der Waals surface area contributed by atoms with Crippen LogP contribution in [-0.4, -0.2) is 20.0 Å². The van der Waals surface area contributed by atoms with Crippen molar-refractivity contribution in [1.29, 1.82) is 0 Å². The summed E-state index contributed by atoms with van der Waals surface area (Å²) in [6.45, 7) is 0.403. The third-order valence-corrected chi connectivity index (χ3v) is 3.73. The minimum Gasteiger partial charge on any atom is -0.348 e. The Labute approximate surface area is 127 Å². The molecule has 1 amide bonds. The third kappa shape index (κ3) is 2.39. The van der Waals surface area contributed by atoms with Crippen LogP contribution in [0.2, 0.25) is 0 Å². The van der Waals surface area contributed by atoms with E-state index in [-0.39, 0.29) is 11.6 Å². The van der Waals surface area contributed by atoms with Crippen molar-refractivity contribution >= 4 is 16.9 Å². The van der Waals surface area contributed by atoms with Gasteiger partial charge in [0, 0.05) is 38.6 Å². The molecule has 0 atom stereocenters. The molecule has 0 spiro atoms. The second kappa shape index (κ2) is 5.48. The van der Waals surface area contributed by atoms with E-state index in [0.29, 0.717) is 12.1 Å². The first-order valence-electron chi connectivity index (χ1n) is 6.90. The summed E-state index contributed by atoms with van der Waals surface area (Å²) in [5.41, 5.74) is 3.17. The number of carbonyl (C=O) groups is 1. The van der Waals surface area contributed by atoms with E-state index >= 15 is 0 Å². The van der Waals surface area contributed by atoms with E-state index < -0.39 is 0 Å². The summed E-state index contributed by atoms with van der Waals surface area (Å²) in [6, 6.07) is 9.06. The number of aromatic nitrogens is 3. The summed E-state index contributed by atoms with van der Waals surface area (Å²) in [6.07, 6.45) is 3.17.